The minimum absolute atomic E-state index is 0.645. The molecule has 0 saturated heterocycles. The monoisotopic (exact) mass is 739 g/mol. The lowest BCUT2D eigenvalue weighted by molar-refractivity contribution is 0.669. The second-order valence-electron chi connectivity index (χ2n) is 15.5. The van der Waals surface area contributed by atoms with E-state index in [1.807, 2.05) is 6.07 Å². The smallest absolute Gasteiger partial charge is 0.145 e. The van der Waals surface area contributed by atoms with Crippen LogP contribution >= 0.6 is 0 Å². The van der Waals surface area contributed by atoms with Gasteiger partial charge in [-0.3, -0.25) is 0 Å². The molecule has 0 saturated carbocycles. The molecule has 3 heterocycles. The van der Waals surface area contributed by atoms with Crippen LogP contribution in [0.2, 0.25) is 0 Å². The maximum atomic E-state index is 7.19. The van der Waals surface area contributed by atoms with E-state index in [9.17, 15) is 0 Å². The zero-order valence-electron chi connectivity index (χ0n) is 31.3. The molecule has 0 radical (unpaired) electrons. The van der Waals surface area contributed by atoms with E-state index in [2.05, 4.69) is 199 Å². The van der Waals surface area contributed by atoms with E-state index < -0.39 is 5.41 Å². The van der Waals surface area contributed by atoms with Gasteiger partial charge in [0.1, 0.15) is 22.3 Å². The van der Waals surface area contributed by atoms with Crippen LogP contribution in [0.5, 0.6) is 0 Å². The van der Waals surface area contributed by atoms with E-state index in [0.29, 0.717) is 0 Å². The summed E-state index contributed by atoms with van der Waals surface area (Å²) < 4.78 is 16.4. The quantitative estimate of drug-likeness (QED) is 0.180. The Morgan fingerprint density at radius 3 is 1.71 bits per heavy atom. The van der Waals surface area contributed by atoms with Gasteiger partial charge in [0, 0.05) is 43.6 Å². The first-order chi connectivity index (χ1) is 28.8. The molecule has 9 aromatic carbocycles. The lowest BCUT2D eigenvalue weighted by Crippen LogP contribution is -2.28. The van der Waals surface area contributed by atoms with Gasteiger partial charge in [0.15, 0.2) is 0 Å². The van der Waals surface area contributed by atoms with Crippen LogP contribution in [0.4, 0.5) is 0 Å². The summed E-state index contributed by atoms with van der Waals surface area (Å²) in [5.74, 6) is 0. The molecule has 270 valence electrons. The fourth-order valence-corrected chi connectivity index (χ4v) is 10.5. The van der Waals surface area contributed by atoms with E-state index in [-0.39, 0.29) is 0 Å². The highest BCUT2D eigenvalue weighted by Gasteiger charge is 2.49. The van der Waals surface area contributed by atoms with Crippen LogP contribution in [0, 0.1) is 0 Å². The zero-order valence-corrected chi connectivity index (χ0v) is 31.3. The standard InChI is InChI=1S/C55H33NO2/c1-3-18-34(19-4-1)55(35-20-5-2-6-21-35)43-29-12-7-24-40(43)49-51(55)48-41-25-9-14-31-45(41)56(52(48)50-42-26-11-16-33-47(42)58-54(49)50)44-30-13-8-22-36(44)38-27-17-28-39-37-23-10-15-32-46(37)57-53(38)39/h1-33H. The molecule has 3 heteroatoms. The number of nitrogens with zero attached hydrogens (tertiary/aromatic N) is 1. The molecular weight excluding hydrogens is 707 g/mol. The Morgan fingerprint density at radius 2 is 0.931 bits per heavy atom. The van der Waals surface area contributed by atoms with E-state index in [1.165, 1.54) is 38.6 Å². The summed E-state index contributed by atoms with van der Waals surface area (Å²) in [7, 11) is 0. The largest absolute Gasteiger partial charge is 0.455 e. The van der Waals surface area contributed by atoms with Gasteiger partial charge >= 0.3 is 0 Å². The van der Waals surface area contributed by atoms with Crippen molar-refractivity contribution in [1.29, 1.82) is 0 Å². The Bertz CT molecular complexity index is 3580. The van der Waals surface area contributed by atoms with Gasteiger partial charge in [0.25, 0.3) is 0 Å². The van der Waals surface area contributed by atoms with Crippen LogP contribution in [0.15, 0.2) is 209 Å². The Kier molecular flexibility index (Phi) is 6.37. The van der Waals surface area contributed by atoms with Crippen molar-refractivity contribution in [2.24, 2.45) is 0 Å². The van der Waals surface area contributed by atoms with Gasteiger partial charge in [0.2, 0.25) is 0 Å². The molecule has 13 rings (SSSR count). The molecule has 0 amide bonds. The van der Waals surface area contributed by atoms with E-state index in [1.54, 1.807) is 0 Å². The van der Waals surface area contributed by atoms with Crippen molar-refractivity contribution in [2.45, 2.75) is 5.41 Å². The summed E-state index contributed by atoms with van der Waals surface area (Å²) in [5.41, 5.74) is 15.7. The molecule has 0 N–H and O–H groups in total. The summed E-state index contributed by atoms with van der Waals surface area (Å²) in [5, 5.41) is 6.87. The van der Waals surface area contributed by atoms with Gasteiger partial charge < -0.3 is 13.4 Å². The average Bonchev–Trinajstić information content (AvgIpc) is 4.04. The molecule has 0 fully saturated rings. The Morgan fingerprint density at radius 1 is 0.379 bits per heavy atom. The molecule has 0 bridgehead atoms. The minimum Gasteiger partial charge on any atom is -0.455 e. The van der Waals surface area contributed by atoms with Crippen molar-refractivity contribution in [3.63, 3.8) is 0 Å². The zero-order chi connectivity index (χ0) is 38.0. The molecule has 3 aromatic heterocycles. The maximum Gasteiger partial charge on any atom is 0.145 e. The van der Waals surface area contributed by atoms with Crippen molar-refractivity contribution >= 4 is 65.7 Å². The Balaban J connectivity index is 1.28. The fraction of sp³-hybridized carbons (Fsp3) is 0.0182. The van der Waals surface area contributed by atoms with Gasteiger partial charge in [-0.15, -0.1) is 0 Å². The molecule has 58 heavy (non-hydrogen) atoms. The van der Waals surface area contributed by atoms with Crippen LogP contribution < -0.4 is 0 Å². The molecular formula is C55H33NO2. The summed E-state index contributed by atoms with van der Waals surface area (Å²) in [4.78, 5) is 0. The highest BCUT2D eigenvalue weighted by Crippen LogP contribution is 2.62. The molecule has 0 aliphatic heterocycles. The minimum atomic E-state index is -0.645. The number of hydrogen-bond acceptors (Lipinski definition) is 2. The summed E-state index contributed by atoms with van der Waals surface area (Å²) in [6.07, 6.45) is 0. The van der Waals surface area contributed by atoms with Crippen molar-refractivity contribution in [1.82, 2.24) is 4.57 Å². The average molecular weight is 740 g/mol. The normalized spacial score (nSPS) is 13.3. The molecule has 0 spiro atoms. The molecule has 0 unspecified atom stereocenters. The van der Waals surface area contributed by atoms with Crippen molar-refractivity contribution < 1.29 is 8.83 Å². The van der Waals surface area contributed by atoms with Gasteiger partial charge in [-0.2, -0.15) is 0 Å². The predicted molar refractivity (Wildman–Crippen MR) is 238 cm³/mol. The maximum absolute atomic E-state index is 7.19. The Labute approximate surface area is 333 Å². The number of hydrogen-bond donors (Lipinski definition) is 0. The molecule has 3 nitrogen and oxygen atoms in total. The second kappa shape index (κ2) is 11.7. The van der Waals surface area contributed by atoms with Gasteiger partial charge in [0.05, 0.1) is 27.5 Å². The highest BCUT2D eigenvalue weighted by molar-refractivity contribution is 6.30. The van der Waals surface area contributed by atoms with E-state index in [4.69, 9.17) is 8.83 Å². The lowest BCUT2D eigenvalue weighted by Gasteiger charge is -2.34. The number of benzene rings is 9. The highest BCUT2D eigenvalue weighted by atomic mass is 16.3. The topological polar surface area (TPSA) is 31.2 Å². The summed E-state index contributed by atoms with van der Waals surface area (Å²) >= 11 is 0. The lowest BCUT2D eigenvalue weighted by atomic mass is 9.66. The number of rotatable bonds is 4. The molecule has 0 atom stereocenters. The van der Waals surface area contributed by atoms with Crippen LogP contribution in [-0.4, -0.2) is 4.57 Å². The van der Waals surface area contributed by atoms with Crippen molar-refractivity contribution in [2.75, 3.05) is 0 Å². The van der Waals surface area contributed by atoms with Crippen LogP contribution in [-0.2, 0) is 5.41 Å². The number of aromatic nitrogens is 1. The molecule has 12 aromatic rings. The third-order valence-electron chi connectivity index (χ3n) is 12.7. The van der Waals surface area contributed by atoms with E-state index >= 15 is 0 Å². The molecule has 1 aliphatic rings. The van der Waals surface area contributed by atoms with Crippen molar-refractivity contribution in [3.05, 3.63) is 222 Å². The van der Waals surface area contributed by atoms with Crippen molar-refractivity contribution in [3.8, 4) is 27.9 Å². The van der Waals surface area contributed by atoms with Gasteiger partial charge in [-0.25, -0.2) is 0 Å². The van der Waals surface area contributed by atoms with Gasteiger partial charge in [-0.1, -0.05) is 176 Å². The first-order valence-electron chi connectivity index (χ1n) is 19.9. The van der Waals surface area contributed by atoms with Crippen LogP contribution in [0.1, 0.15) is 22.3 Å². The first-order valence-corrected chi connectivity index (χ1v) is 19.9. The third-order valence-corrected chi connectivity index (χ3v) is 12.7. The number of fused-ring (bicyclic) bond motifs is 15. The van der Waals surface area contributed by atoms with Crippen LogP contribution in [0.3, 0.4) is 0 Å². The van der Waals surface area contributed by atoms with E-state index in [0.717, 1.165) is 77.3 Å². The predicted octanol–water partition coefficient (Wildman–Crippen LogP) is 14.6. The van der Waals surface area contributed by atoms with Crippen LogP contribution in [0.25, 0.3) is 93.6 Å². The second-order valence-corrected chi connectivity index (χ2v) is 15.5. The third kappa shape index (κ3) is 3.97. The summed E-state index contributed by atoms with van der Waals surface area (Å²) in [6.45, 7) is 0. The SMILES string of the molecule is c1ccc(C2(c3ccccc3)c3ccccc3-c3c2c2c4ccccc4n(-c4ccccc4-c4cccc5c4oc4ccccc45)c2c2c3oc3ccccc32)cc1. The molecule has 1 aliphatic carbocycles. The Hall–Kier alpha value is -7.62. The number of furan rings is 2. The first kappa shape index (κ1) is 31.6. The number of para-hydroxylation sites is 5. The van der Waals surface area contributed by atoms with Gasteiger partial charge in [-0.05, 0) is 52.1 Å². The summed E-state index contributed by atoms with van der Waals surface area (Å²) in [6, 6.07) is 72.3. The fourth-order valence-electron chi connectivity index (χ4n) is 10.5.